The number of rotatable bonds is 26. The highest BCUT2D eigenvalue weighted by Gasteiger charge is 2.47. The van der Waals surface area contributed by atoms with Gasteiger partial charge in [-0.1, -0.05) is 111 Å². The Morgan fingerprint density at radius 3 is 1.23 bits per heavy atom. The van der Waals surface area contributed by atoms with Crippen molar-refractivity contribution in [1.29, 1.82) is 0 Å². The Bertz CT molecular complexity index is 7820. The molecule has 3 saturated heterocycles. The van der Waals surface area contributed by atoms with Crippen LogP contribution in [0, 0.1) is 40.5 Å². The van der Waals surface area contributed by atoms with Crippen molar-refractivity contribution in [2.75, 3.05) is 74.3 Å². The van der Waals surface area contributed by atoms with Crippen LogP contribution in [0.2, 0.25) is 20.1 Å². The van der Waals surface area contributed by atoms with Crippen molar-refractivity contribution in [3.05, 3.63) is 310 Å². The normalized spacial score (nSPS) is 16.1. The predicted octanol–water partition coefficient (Wildman–Crippen LogP) is 17.2. The Kier molecular flexibility index (Phi) is 30.9. The first-order chi connectivity index (χ1) is 71.3. The number of hydrogen-bond acceptors (Lipinski definition) is 28. The number of ether oxygens (including phenoxy) is 5. The predicted molar refractivity (Wildman–Crippen MR) is 553 cm³/mol. The number of piperidine rings is 2. The lowest BCUT2D eigenvalue weighted by Crippen LogP contribution is -2.56. The molecule has 150 heavy (non-hydrogen) atoms. The summed E-state index contributed by atoms with van der Waals surface area (Å²) >= 11 is 27.7. The molecule has 786 valence electrons. The van der Waals surface area contributed by atoms with E-state index in [1.54, 1.807) is 107 Å². The number of imidazole rings is 2. The first kappa shape index (κ1) is 108. The third kappa shape index (κ3) is 21.2. The lowest BCUT2D eigenvalue weighted by atomic mass is 9.82. The monoisotopic (exact) mass is 2130 g/mol. The Labute approximate surface area is 879 Å². The van der Waals surface area contributed by atoms with Gasteiger partial charge in [-0.3, -0.25) is 34.3 Å². The fourth-order valence-corrected chi connectivity index (χ4v) is 21.2. The summed E-state index contributed by atoms with van der Waals surface area (Å²) in [5, 5.41) is 81.8. The van der Waals surface area contributed by atoms with Gasteiger partial charge in [-0.2, -0.15) is 18.3 Å². The molecule has 4 N–H and O–H groups in total. The van der Waals surface area contributed by atoms with E-state index in [1.807, 2.05) is 141 Å². The zero-order chi connectivity index (χ0) is 107. The van der Waals surface area contributed by atoms with Crippen LogP contribution in [0.25, 0.3) is 43.6 Å². The number of aromatic nitrogens is 22. The number of aliphatic hydroxyl groups is 4. The number of halogens is 10. The maximum absolute atomic E-state index is 14.1. The Hall–Kier alpha value is -13.5. The van der Waals surface area contributed by atoms with Gasteiger partial charge in [-0.05, 0) is 181 Å². The van der Waals surface area contributed by atoms with Crippen LogP contribution in [0.5, 0.6) is 29.3 Å². The summed E-state index contributed by atoms with van der Waals surface area (Å²) < 4.78 is 118. The molecule has 4 atom stereocenters. The standard InChI is InChI=1S/C28H32ClN9O2.C28H33ClN6O2.C26H28ClFN6O2.C24H20ClF5N4O3/c1-18-30-15-24(35(18)2)28(39,25-16-31-34-36(25)3)19-6-7-23-21(14-19)26(29)22(27(33-23)40-4)17-37-12-8-20(9-13-37)38-11-5-10-32-38;1-17-10-12-35(13-11-17)16-22-26(29)21-14-20(7-9-24(21)32-27(22)37-5)28(36,25-15-30-33-34(25)4)23-8-6-18(2)31-19(23)3;1-15-6-8-20(16(2)30-15)26(35,22-11-29-32-33(22)4)17-7-9-21-18(10-17)23(27)19(24(31-21)36-5)12-34-13-25(3,28)14-34;1-22(26,27)11-37-20-19(25)15-8-13(4-6-16(15)33-21(20)36-3)23(35,18-10-31-12-34(18)2)14-5-7-17(32-9-14)24(28,29)30/h5-7,10-11,14-16,20,39H,8-9,12-13,17H2,1-4H3;6-9,14-15,17,36H,10-13,16H2,1-5H3;6-11,35H,12-14H2,1-5H3;4-10,12,35H,11H2,1-3H3. The average molecular weight is 2140 g/mol. The largest absolute Gasteiger partial charge is 0.481 e. The van der Waals surface area contributed by atoms with Gasteiger partial charge in [0, 0.05) is 184 Å². The molecule has 20 rings (SSSR count). The zero-order valence-electron chi connectivity index (χ0n) is 85.5. The van der Waals surface area contributed by atoms with E-state index in [9.17, 15) is 46.8 Å². The molecule has 0 saturated carbocycles. The summed E-state index contributed by atoms with van der Waals surface area (Å²) in [6.45, 7) is 19.2. The first-order valence-corrected chi connectivity index (χ1v) is 49.7. The molecule has 0 amide bonds. The van der Waals surface area contributed by atoms with Crippen molar-refractivity contribution in [1.82, 2.24) is 123 Å². The Morgan fingerprint density at radius 1 is 0.453 bits per heavy atom. The summed E-state index contributed by atoms with van der Waals surface area (Å²) in [7, 11) is 14.8. The van der Waals surface area contributed by atoms with Gasteiger partial charge in [0.15, 0.2) is 29.0 Å². The van der Waals surface area contributed by atoms with Gasteiger partial charge >= 0.3 is 6.18 Å². The number of aryl methyl sites for hydroxylation is 9. The van der Waals surface area contributed by atoms with Crippen LogP contribution in [0.15, 0.2) is 171 Å². The van der Waals surface area contributed by atoms with Gasteiger partial charge in [0.2, 0.25) is 23.4 Å². The smallest absolute Gasteiger partial charge is 0.433 e. The van der Waals surface area contributed by atoms with Crippen molar-refractivity contribution < 1.29 is 70.5 Å². The maximum Gasteiger partial charge on any atom is 0.433 e. The van der Waals surface area contributed by atoms with E-state index in [4.69, 9.17) is 80.1 Å². The van der Waals surface area contributed by atoms with Gasteiger partial charge in [0.25, 0.3) is 11.8 Å². The van der Waals surface area contributed by atoms with E-state index >= 15 is 0 Å². The van der Waals surface area contributed by atoms with Crippen molar-refractivity contribution in [2.45, 2.75) is 147 Å². The van der Waals surface area contributed by atoms with Gasteiger partial charge in [-0.15, -0.1) is 15.3 Å². The molecule has 3 aliphatic heterocycles. The summed E-state index contributed by atoms with van der Waals surface area (Å²) in [5.41, 5.74) is 4.27. The van der Waals surface area contributed by atoms with E-state index in [0.717, 1.165) is 108 Å². The fourth-order valence-electron chi connectivity index (χ4n) is 20.0. The molecule has 4 aromatic carbocycles. The van der Waals surface area contributed by atoms with Crippen molar-refractivity contribution in [2.24, 2.45) is 41.2 Å². The number of alkyl halides is 6. The molecule has 13 aromatic heterocycles. The van der Waals surface area contributed by atoms with Crippen LogP contribution in [0.1, 0.15) is 171 Å². The minimum absolute atomic E-state index is 0.0168. The average Bonchev–Trinajstić information content (AvgIpc) is 1.37. The molecule has 34 nitrogen and oxygen atoms in total. The molecule has 3 fully saturated rings. The molecule has 4 unspecified atom stereocenters. The van der Waals surface area contributed by atoms with E-state index in [1.165, 1.54) is 55.2 Å². The summed E-state index contributed by atoms with van der Waals surface area (Å²) in [5.74, 6) is -0.560. The second-order valence-electron chi connectivity index (χ2n) is 38.6. The van der Waals surface area contributed by atoms with Gasteiger partial charge in [0.1, 0.15) is 22.9 Å². The molecule has 16 heterocycles. The van der Waals surface area contributed by atoms with Crippen molar-refractivity contribution in [3.8, 4) is 29.3 Å². The summed E-state index contributed by atoms with van der Waals surface area (Å²) in [4.78, 5) is 46.4. The second kappa shape index (κ2) is 43.1. The lowest BCUT2D eigenvalue weighted by Gasteiger charge is -2.42. The van der Waals surface area contributed by atoms with Crippen LogP contribution in [-0.2, 0) is 83.5 Å². The third-order valence-corrected chi connectivity index (χ3v) is 29.7. The third-order valence-electron chi connectivity index (χ3n) is 28.0. The maximum atomic E-state index is 14.1. The van der Waals surface area contributed by atoms with Crippen LogP contribution >= 0.6 is 46.4 Å². The Morgan fingerprint density at radius 2 is 0.867 bits per heavy atom. The highest BCUT2D eigenvalue weighted by Crippen LogP contribution is 2.50. The molecule has 17 aromatic rings. The van der Waals surface area contributed by atoms with Gasteiger partial charge < -0.3 is 53.2 Å². The number of hydrogen-bond donors (Lipinski definition) is 4. The minimum atomic E-state index is -4.67. The van der Waals surface area contributed by atoms with E-state index in [2.05, 4.69) is 87.6 Å². The molecular weight excluding hydrogens is 2020 g/mol. The quantitative estimate of drug-likeness (QED) is 0.0366. The van der Waals surface area contributed by atoms with E-state index in [-0.39, 0.29) is 38.9 Å². The number of fused-ring (bicyclic) bond motifs is 4. The number of pyridine rings is 7. The molecule has 0 radical (unpaired) electrons. The highest BCUT2D eigenvalue weighted by molar-refractivity contribution is 6.38. The van der Waals surface area contributed by atoms with Crippen LogP contribution < -0.4 is 23.7 Å². The van der Waals surface area contributed by atoms with Gasteiger partial charge in [0.05, 0.1) is 137 Å². The minimum Gasteiger partial charge on any atom is -0.481 e. The van der Waals surface area contributed by atoms with Crippen LogP contribution in [0.3, 0.4) is 0 Å². The highest BCUT2D eigenvalue weighted by atomic mass is 35.5. The number of likely N-dealkylation sites (tertiary alicyclic amines) is 3. The zero-order valence-corrected chi connectivity index (χ0v) is 88.5. The molecule has 44 heteroatoms. The van der Waals surface area contributed by atoms with Crippen LogP contribution in [-0.4, -0.2) is 230 Å². The SMILES string of the molecule is COc1nc2ccc(C(O)(c3ccc(C(F)(F)F)nc3)c3cncn3C)cc2c(Cl)c1OCC(C)(F)F.COc1nc2ccc(C(O)(c3ccc(C)nc3C)c3cnnn3C)cc2c(Cl)c1CN1CC(C)(F)C1.COc1nc2ccc(C(O)(c3ccc(C)nc3C)c3cnnn3C)cc2c(Cl)c1CN1CCC(C)CC1.COc1nc2ccc(C(O)(c3cnnn3C)c3cnc(C)n3C)cc2c(Cl)c1CN1CCC(n2cccn2)CC1. The van der Waals surface area contributed by atoms with E-state index < -0.39 is 52.5 Å². The van der Waals surface area contributed by atoms with Crippen molar-refractivity contribution in [3.63, 3.8) is 0 Å². The van der Waals surface area contributed by atoms with Crippen LogP contribution in [0.4, 0.5) is 26.3 Å². The Balaban J connectivity index is 0.000000136. The molecule has 0 spiro atoms. The van der Waals surface area contributed by atoms with E-state index in [0.29, 0.717) is 168 Å². The molecular formula is C106H113Cl4F6N25O9. The summed E-state index contributed by atoms with van der Waals surface area (Å²) in [6, 6.07) is 32.9. The number of nitrogens with zero attached hydrogens (tertiary/aromatic N) is 25. The summed E-state index contributed by atoms with van der Waals surface area (Å²) in [6.07, 6.45) is 13.6. The lowest BCUT2D eigenvalue weighted by molar-refractivity contribution is -0.141. The first-order valence-electron chi connectivity index (χ1n) is 48.2. The molecule has 0 aliphatic carbocycles. The number of methoxy groups -OCH3 is 4. The van der Waals surface area contributed by atoms with Crippen molar-refractivity contribution >= 4 is 90.0 Å². The fraction of sp³-hybridized carbons (Fsp3) is 0.377. The molecule has 0 bridgehead atoms. The topological polar surface area (TPSA) is 373 Å². The number of benzene rings is 4. The van der Waals surface area contributed by atoms with Gasteiger partial charge in [-0.25, -0.2) is 57.1 Å². The molecule has 3 aliphatic rings. The second-order valence-corrected chi connectivity index (χ2v) is 40.1.